The van der Waals surface area contributed by atoms with Crippen molar-refractivity contribution < 1.29 is 29.6 Å². The molecule has 6 nitrogen and oxygen atoms in total. The SMILES string of the molecule is O=C[C@H](OCc1ccccc1)[C@@H](OCc1ccccc1)[C@H](O)[C@H](O)CO. The van der Waals surface area contributed by atoms with Gasteiger partial charge in [-0.2, -0.15) is 0 Å². The molecule has 4 atom stereocenters. The van der Waals surface area contributed by atoms with Crippen LogP contribution in [-0.2, 0) is 27.5 Å². The van der Waals surface area contributed by atoms with Crippen LogP contribution in [0.2, 0.25) is 0 Å². The minimum absolute atomic E-state index is 0.125. The maximum Gasteiger partial charge on any atom is 0.151 e. The Hall–Kier alpha value is -2.09. The third-order valence-electron chi connectivity index (χ3n) is 3.95. The third kappa shape index (κ3) is 6.01. The molecule has 0 spiro atoms. The molecule has 0 aliphatic rings. The van der Waals surface area contributed by atoms with Gasteiger partial charge in [0.25, 0.3) is 0 Å². The summed E-state index contributed by atoms with van der Waals surface area (Å²) in [5.41, 5.74) is 1.70. The lowest BCUT2D eigenvalue weighted by Crippen LogP contribution is -2.48. The lowest BCUT2D eigenvalue weighted by atomic mass is 10.0. The van der Waals surface area contributed by atoms with E-state index in [0.717, 1.165) is 11.1 Å². The van der Waals surface area contributed by atoms with Crippen molar-refractivity contribution in [2.75, 3.05) is 6.61 Å². The molecule has 0 fully saturated rings. The number of aldehydes is 1. The lowest BCUT2D eigenvalue weighted by Gasteiger charge is -2.30. The summed E-state index contributed by atoms with van der Waals surface area (Å²) in [4.78, 5) is 11.5. The van der Waals surface area contributed by atoms with Gasteiger partial charge in [-0.3, -0.25) is 0 Å². The zero-order valence-electron chi connectivity index (χ0n) is 14.3. The Kier molecular flexibility index (Phi) is 8.40. The number of rotatable bonds is 11. The summed E-state index contributed by atoms with van der Waals surface area (Å²) in [7, 11) is 0. The summed E-state index contributed by atoms with van der Waals surface area (Å²) in [5.74, 6) is 0. The van der Waals surface area contributed by atoms with Gasteiger partial charge in [-0.05, 0) is 11.1 Å². The molecule has 2 aromatic rings. The molecule has 0 aromatic heterocycles. The first kappa shape index (κ1) is 20.2. The Morgan fingerprint density at radius 3 is 1.81 bits per heavy atom. The highest BCUT2D eigenvalue weighted by atomic mass is 16.6. The van der Waals surface area contributed by atoms with Gasteiger partial charge in [-0.1, -0.05) is 60.7 Å². The van der Waals surface area contributed by atoms with E-state index >= 15 is 0 Å². The van der Waals surface area contributed by atoms with Crippen LogP contribution in [0.3, 0.4) is 0 Å². The van der Waals surface area contributed by atoms with E-state index in [1.807, 2.05) is 60.7 Å². The molecule has 140 valence electrons. The van der Waals surface area contributed by atoms with Crippen molar-refractivity contribution in [2.45, 2.75) is 37.6 Å². The molecule has 0 saturated heterocycles. The van der Waals surface area contributed by atoms with E-state index in [1.54, 1.807) is 0 Å². The number of benzene rings is 2. The molecule has 6 heteroatoms. The average molecular weight is 360 g/mol. The second kappa shape index (κ2) is 10.8. The first-order chi connectivity index (χ1) is 12.7. The van der Waals surface area contributed by atoms with E-state index in [9.17, 15) is 15.0 Å². The Labute approximate surface area is 152 Å². The van der Waals surface area contributed by atoms with E-state index in [2.05, 4.69) is 0 Å². The molecule has 2 aromatic carbocycles. The first-order valence-corrected chi connectivity index (χ1v) is 8.39. The normalized spacial score (nSPS) is 15.8. The number of hydrogen-bond donors (Lipinski definition) is 3. The smallest absolute Gasteiger partial charge is 0.151 e. The van der Waals surface area contributed by atoms with E-state index in [4.69, 9.17) is 14.6 Å². The summed E-state index contributed by atoms with van der Waals surface area (Å²) in [6.45, 7) is -0.381. The highest BCUT2D eigenvalue weighted by molar-refractivity contribution is 5.57. The molecular formula is C20H24O6. The van der Waals surface area contributed by atoms with Crippen LogP contribution in [0.4, 0.5) is 0 Å². The van der Waals surface area contributed by atoms with Crippen molar-refractivity contribution in [2.24, 2.45) is 0 Å². The number of ether oxygens (including phenoxy) is 2. The van der Waals surface area contributed by atoms with E-state index < -0.39 is 31.0 Å². The Morgan fingerprint density at radius 1 is 0.846 bits per heavy atom. The predicted molar refractivity (Wildman–Crippen MR) is 95.2 cm³/mol. The van der Waals surface area contributed by atoms with Crippen molar-refractivity contribution in [3.63, 3.8) is 0 Å². The van der Waals surface area contributed by atoms with E-state index in [1.165, 1.54) is 0 Å². The van der Waals surface area contributed by atoms with Gasteiger partial charge >= 0.3 is 0 Å². The Balaban J connectivity index is 2.07. The summed E-state index contributed by atoms with van der Waals surface area (Å²) in [6.07, 6.45) is -4.62. The second-order valence-electron chi connectivity index (χ2n) is 5.90. The van der Waals surface area contributed by atoms with Gasteiger partial charge in [-0.15, -0.1) is 0 Å². The maximum absolute atomic E-state index is 11.5. The number of aliphatic hydroxyl groups excluding tert-OH is 3. The van der Waals surface area contributed by atoms with Crippen LogP contribution in [-0.4, -0.2) is 52.6 Å². The van der Waals surface area contributed by atoms with Gasteiger partial charge in [0.15, 0.2) is 6.29 Å². The monoisotopic (exact) mass is 360 g/mol. The van der Waals surface area contributed by atoms with E-state index in [0.29, 0.717) is 6.29 Å². The van der Waals surface area contributed by atoms with Crippen LogP contribution in [0, 0.1) is 0 Å². The number of carbonyl (C=O) groups is 1. The van der Waals surface area contributed by atoms with Crippen molar-refractivity contribution >= 4 is 6.29 Å². The average Bonchev–Trinajstić information content (AvgIpc) is 2.70. The minimum Gasteiger partial charge on any atom is -0.394 e. The largest absolute Gasteiger partial charge is 0.394 e. The standard InChI is InChI=1S/C20H24O6/c21-11-17(23)19(24)20(26-14-16-9-5-2-6-10-16)18(12-22)25-13-15-7-3-1-4-8-15/h1-10,12,17-21,23-24H,11,13-14H2/t17-,18+,19-,20-/m1/s1. The Morgan fingerprint density at radius 2 is 1.35 bits per heavy atom. The number of aliphatic hydroxyl groups is 3. The number of carbonyl (C=O) groups excluding carboxylic acids is 1. The highest BCUT2D eigenvalue weighted by Gasteiger charge is 2.34. The van der Waals surface area contributed by atoms with Crippen LogP contribution < -0.4 is 0 Å². The minimum atomic E-state index is -1.48. The van der Waals surface area contributed by atoms with Crippen LogP contribution >= 0.6 is 0 Å². The van der Waals surface area contributed by atoms with Gasteiger partial charge < -0.3 is 29.6 Å². The van der Waals surface area contributed by atoms with Crippen LogP contribution in [0.15, 0.2) is 60.7 Å². The molecular weight excluding hydrogens is 336 g/mol. The van der Waals surface area contributed by atoms with Crippen LogP contribution in [0.1, 0.15) is 11.1 Å². The van der Waals surface area contributed by atoms with Crippen molar-refractivity contribution in [1.82, 2.24) is 0 Å². The zero-order chi connectivity index (χ0) is 18.8. The fourth-order valence-corrected chi connectivity index (χ4v) is 2.46. The molecule has 0 bridgehead atoms. The van der Waals surface area contributed by atoms with Gasteiger partial charge in [0, 0.05) is 0 Å². The lowest BCUT2D eigenvalue weighted by molar-refractivity contribution is -0.165. The summed E-state index contributed by atoms with van der Waals surface area (Å²) >= 11 is 0. The molecule has 0 amide bonds. The molecule has 0 heterocycles. The highest BCUT2D eigenvalue weighted by Crippen LogP contribution is 2.16. The fraction of sp³-hybridized carbons (Fsp3) is 0.350. The molecule has 0 radical (unpaired) electrons. The van der Waals surface area contributed by atoms with Gasteiger partial charge in [0.1, 0.15) is 24.4 Å². The first-order valence-electron chi connectivity index (χ1n) is 8.39. The van der Waals surface area contributed by atoms with Crippen molar-refractivity contribution in [3.8, 4) is 0 Å². The molecule has 0 aliphatic carbocycles. The maximum atomic E-state index is 11.5. The summed E-state index contributed by atoms with van der Waals surface area (Å²) in [5, 5.41) is 29.2. The Bertz CT molecular complexity index is 633. The third-order valence-corrected chi connectivity index (χ3v) is 3.95. The second-order valence-corrected chi connectivity index (χ2v) is 5.90. The predicted octanol–water partition coefficient (Wildman–Crippen LogP) is 1.07. The topological polar surface area (TPSA) is 96.2 Å². The van der Waals surface area contributed by atoms with Crippen molar-refractivity contribution in [3.05, 3.63) is 71.8 Å². The van der Waals surface area contributed by atoms with E-state index in [-0.39, 0.29) is 13.2 Å². The summed E-state index contributed by atoms with van der Waals surface area (Å²) < 4.78 is 11.3. The number of hydrogen-bond acceptors (Lipinski definition) is 6. The molecule has 0 unspecified atom stereocenters. The van der Waals surface area contributed by atoms with Crippen LogP contribution in [0.25, 0.3) is 0 Å². The molecule has 3 N–H and O–H groups in total. The molecule has 0 saturated carbocycles. The fourth-order valence-electron chi connectivity index (χ4n) is 2.46. The quantitative estimate of drug-likeness (QED) is 0.519. The molecule has 26 heavy (non-hydrogen) atoms. The summed E-state index contributed by atoms with van der Waals surface area (Å²) in [6, 6.07) is 18.5. The zero-order valence-corrected chi connectivity index (χ0v) is 14.3. The van der Waals surface area contributed by atoms with Crippen molar-refractivity contribution in [1.29, 1.82) is 0 Å². The van der Waals surface area contributed by atoms with Gasteiger partial charge in [0.2, 0.25) is 0 Å². The van der Waals surface area contributed by atoms with Gasteiger partial charge in [0.05, 0.1) is 19.8 Å². The molecule has 0 aliphatic heterocycles. The van der Waals surface area contributed by atoms with Crippen LogP contribution in [0.5, 0.6) is 0 Å². The molecule has 2 rings (SSSR count). The van der Waals surface area contributed by atoms with Gasteiger partial charge in [-0.25, -0.2) is 0 Å².